The molecule has 2 atom stereocenters. The number of rotatable bonds is 2. The smallest absolute Gasteiger partial charge is 0.0591 e. The van der Waals surface area contributed by atoms with Crippen LogP contribution in [-0.2, 0) is 0 Å². The highest BCUT2D eigenvalue weighted by molar-refractivity contribution is 4.86. The van der Waals surface area contributed by atoms with Gasteiger partial charge in [0.25, 0.3) is 0 Å². The first-order valence-electron chi connectivity index (χ1n) is 5.60. The van der Waals surface area contributed by atoms with Gasteiger partial charge in [-0.25, -0.2) is 0 Å². The normalized spacial score (nSPS) is 33.7. The summed E-state index contributed by atoms with van der Waals surface area (Å²) in [5.41, 5.74) is 0.151. The van der Waals surface area contributed by atoms with Gasteiger partial charge in [0.05, 0.1) is 6.10 Å². The zero-order chi connectivity index (χ0) is 10.1. The Bertz CT molecular complexity index is 161. The van der Waals surface area contributed by atoms with Crippen LogP contribution in [0.15, 0.2) is 0 Å². The van der Waals surface area contributed by atoms with Crippen LogP contribution in [0.2, 0.25) is 0 Å². The van der Waals surface area contributed by atoms with E-state index in [2.05, 4.69) is 27.7 Å². The van der Waals surface area contributed by atoms with E-state index in [-0.39, 0.29) is 11.5 Å². The first-order valence-corrected chi connectivity index (χ1v) is 5.60. The molecule has 0 heterocycles. The Labute approximate surface area is 82.5 Å². The van der Waals surface area contributed by atoms with Crippen molar-refractivity contribution in [3.63, 3.8) is 0 Å². The van der Waals surface area contributed by atoms with Crippen molar-refractivity contribution in [1.29, 1.82) is 0 Å². The molecule has 0 aliphatic heterocycles. The maximum Gasteiger partial charge on any atom is 0.0591 e. The van der Waals surface area contributed by atoms with Crippen LogP contribution in [0.3, 0.4) is 0 Å². The summed E-state index contributed by atoms with van der Waals surface area (Å²) >= 11 is 0. The molecule has 1 fully saturated rings. The van der Waals surface area contributed by atoms with E-state index >= 15 is 0 Å². The number of aliphatic hydroxyl groups excluding tert-OH is 1. The molecule has 0 bridgehead atoms. The molecule has 1 rings (SSSR count). The van der Waals surface area contributed by atoms with E-state index < -0.39 is 0 Å². The quantitative estimate of drug-likeness (QED) is 0.698. The third kappa shape index (κ3) is 2.98. The Morgan fingerprint density at radius 1 is 1.31 bits per heavy atom. The van der Waals surface area contributed by atoms with Crippen LogP contribution < -0.4 is 0 Å². The molecule has 2 unspecified atom stereocenters. The molecule has 0 aromatic rings. The molecular weight excluding hydrogens is 160 g/mol. The fourth-order valence-corrected chi connectivity index (χ4v) is 2.63. The lowest BCUT2D eigenvalue weighted by molar-refractivity contribution is -0.0110. The Hall–Kier alpha value is -0.0400. The third-order valence-electron chi connectivity index (χ3n) is 3.37. The minimum absolute atomic E-state index is 0.0732. The minimum Gasteiger partial charge on any atom is -0.393 e. The average molecular weight is 184 g/mol. The monoisotopic (exact) mass is 184 g/mol. The summed E-state index contributed by atoms with van der Waals surface area (Å²) in [6, 6.07) is 0. The van der Waals surface area contributed by atoms with E-state index in [4.69, 9.17) is 0 Å². The molecule has 0 aromatic carbocycles. The predicted molar refractivity (Wildman–Crippen MR) is 56.6 cm³/mol. The Morgan fingerprint density at radius 3 is 2.38 bits per heavy atom. The van der Waals surface area contributed by atoms with Crippen LogP contribution in [0, 0.1) is 17.3 Å². The van der Waals surface area contributed by atoms with Gasteiger partial charge in [0.2, 0.25) is 0 Å². The first kappa shape index (κ1) is 11.0. The van der Waals surface area contributed by atoms with E-state index in [0.717, 1.165) is 18.3 Å². The van der Waals surface area contributed by atoms with Crippen molar-refractivity contribution >= 4 is 0 Å². The van der Waals surface area contributed by atoms with Gasteiger partial charge in [-0.2, -0.15) is 0 Å². The second-order valence-electron chi connectivity index (χ2n) is 5.78. The largest absolute Gasteiger partial charge is 0.393 e. The molecule has 0 aromatic heterocycles. The SMILES string of the molecule is CC(C)CC1CCC(O)C(C)(C)C1. The number of hydrogen-bond acceptors (Lipinski definition) is 1. The van der Waals surface area contributed by atoms with Crippen LogP contribution in [0.4, 0.5) is 0 Å². The summed E-state index contributed by atoms with van der Waals surface area (Å²) < 4.78 is 0. The summed E-state index contributed by atoms with van der Waals surface area (Å²) in [5, 5.41) is 9.79. The van der Waals surface area contributed by atoms with E-state index in [9.17, 15) is 5.11 Å². The molecule has 0 radical (unpaired) electrons. The summed E-state index contributed by atoms with van der Waals surface area (Å²) in [7, 11) is 0. The fourth-order valence-electron chi connectivity index (χ4n) is 2.63. The van der Waals surface area contributed by atoms with Crippen molar-refractivity contribution in [1.82, 2.24) is 0 Å². The Kier molecular flexibility index (Phi) is 3.39. The van der Waals surface area contributed by atoms with Gasteiger partial charge < -0.3 is 5.11 Å². The van der Waals surface area contributed by atoms with Crippen molar-refractivity contribution in [2.24, 2.45) is 17.3 Å². The maximum atomic E-state index is 9.79. The molecule has 0 amide bonds. The summed E-state index contributed by atoms with van der Waals surface area (Å²) in [6.07, 6.45) is 4.69. The number of aliphatic hydroxyl groups is 1. The van der Waals surface area contributed by atoms with Gasteiger partial charge in [0, 0.05) is 0 Å². The van der Waals surface area contributed by atoms with Crippen molar-refractivity contribution in [2.45, 2.75) is 59.5 Å². The topological polar surface area (TPSA) is 20.2 Å². The molecule has 1 saturated carbocycles. The molecule has 13 heavy (non-hydrogen) atoms. The lowest BCUT2D eigenvalue weighted by Crippen LogP contribution is -2.36. The lowest BCUT2D eigenvalue weighted by atomic mass is 9.68. The minimum atomic E-state index is -0.0732. The van der Waals surface area contributed by atoms with Gasteiger partial charge in [-0.3, -0.25) is 0 Å². The van der Waals surface area contributed by atoms with Gasteiger partial charge in [0.15, 0.2) is 0 Å². The Morgan fingerprint density at radius 2 is 1.92 bits per heavy atom. The van der Waals surface area contributed by atoms with Gasteiger partial charge in [0.1, 0.15) is 0 Å². The molecule has 0 saturated heterocycles. The Balaban J connectivity index is 2.46. The van der Waals surface area contributed by atoms with Gasteiger partial charge >= 0.3 is 0 Å². The molecular formula is C12H24O. The molecule has 1 N–H and O–H groups in total. The second kappa shape index (κ2) is 4.00. The van der Waals surface area contributed by atoms with E-state index in [0.29, 0.717) is 0 Å². The average Bonchev–Trinajstić information content (AvgIpc) is 1.95. The molecule has 0 spiro atoms. The van der Waals surface area contributed by atoms with Gasteiger partial charge in [-0.1, -0.05) is 27.7 Å². The van der Waals surface area contributed by atoms with Crippen LogP contribution in [0.1, 0.15) is 53.4 Å². The fraction of sp³-hybridized carbons (Fsp3) is 1.00. The zero-order valence-corrected chi connectivity index (χ0v) is 9.51. The molecule has 1 heteroatoms. The molecule has 78 valence electrons. The summed E-state index contributed by atoms with van der Waals surface area (Å²) in [4.78, 5) is 0. The van der Waals surface area contributed by atoms with E-state index in [1.54, 1.807) is 0 Å². The molecule has 1 aliphatic carbocycles. The highest BCUT2D eigenvalue weighted by Crippen LogP contribution is 2.41. The lowest BCUT2D eigenvalue weighted by Gasteiger charge is -2.40. The third-order valence-corrected chi connectivity index (χ3v) is 3.37. The molecule has 1 nitrogen and oxygen atoms in total. The second-order valence-corrected chi connectivity index (χ2v) is 5.78. The van der Waals surface area contributed by atoms with E-state index in [1.807, 2.05) is 0 Å². The first-order chi connectivity index (χ1) is 5.92. The zero-order valence-electron chi connectivity index (χ0n) is 9.51. The highest BCUT2D eigenvalue weighted by Gasteiger charge is 2.35. The van der Waals surface area contributed by atoms with Crippen molar-refractivity contribution in [3.05, 3.63) is 0 Å². The van der Waals surface area contributed by atoms with Crippen LogP contribution in [0.5, 0.6) is 0 Å². The standard InChI is InChI=1S/C12H24O/c1-9(2)7-10-5-6-11(13)12(3,4)8-10/h9-11,13H,5-8H2,1-4H3. The predicted octanol–water partition coefficient (Wildman–Crippen LogP) is 3.22. The number of hydrogen-bond donors (Lipinski definition) is 1. The molecule has 1 aliphatic rings. The van der Waals surface area contributed by atoms with Crippen molar-refractivity contribution in [2.75, 3.05) is 0 Å². The van der Waals surface area contributed by atoms with Crippen LogP contribution in [0.25, 0.3) is 0 Å². The summed E-state index contributed by atoms with van der Waals surface area (Å²) in [6.45, 7) is 8.98. The van der Waals surface area contributed by atoms with Crippen LogP contribution in [-0.4, -0.2) is 11.2 Å². The van der Waals surface area contributed by atoms with Crippen molar-refractivity contribution in [3.8, 4) is 0 Å². The maximum absolute atomic E-state index is 9.79. The van der Waals surface area contributed by atoms with Crippen molar-refractivity contribution < 1.29 is 5.11 Å². The van der Waals surface area contributed by atoms with Gasteiger partial charge in [-0.15, -0.1) is 0 Å². The summed E-state index contributed by atoms with van der Waals surface area (Å²) in [5.74, 6) is 1.65. The van der Waals surface area contributed by atoms with E-state index in [1.165, 1.54) is 19.3 Å². The van der Waals surface area contributed by atoms with Gasteiger partial charge in [-0.05, 0) is 42.9 Å². The van der Waals surface area contributed by atoms with Crippen LogP contribution >= 0.6 is 0 Å². The highest BCUT2D eigenvalue weighted by atomic mass is 16.3.